The zero-order chi connectivity index (χ0) is 11.5. The molecule has 1 saturated carbocycles. The summed E-state index contributed by atoms with van der Waals surface area (Å²) < 4.78 is 5.09. The molecule has 1 heterocycles. The maximum absolute atomic E-state index is 5.73. The minimum absolute atomic E-state index is 0.397. The average Bonchev–Trinajstić information content (AvgIpc) is 2.22. The van der Waals surface area contributed by atoms with Crippen LogP contribution in [0.1, 0.15) is 18.7 Å². The maximum Gasteiger partial charge on any atom is 0.218 e. The minimum Gasteiger partial charge on any atom is -0.481 e. The van der Waals surface area contributed by atoms with E-state index in [1.807, 2.05) is 13.0 Å². The first-order valence-electron chi connectivity index (χ1n) is 5.56. The van der Waals surface area contributed by atoms with Gasteiger partial charge in [0.05, 0.1) is 7.11 Å². The van der Waals surface area contributed by atoms with Gasteiger partial charge in [-0.1, -0.05) is 0 Å². The highest BCUT2D eigenvalue weighted by atomic mass is 16.5. The molecule has 0 spiro atoms. The molecule has 88 valence electrons. The first kappa shape index (κ1) is 11.1. The van der Waals surface area contributed by atoms with Crippen LogP contribution >= 0.6 is 0 Å². The molecule has 0 saturated heterocycles. The smallest absolute Gasteiger partial charge is 0.218 e. The molecule has 0 bridgehead atoms. The summed E-state index contributed by atoms with van der Waals surface area (Å²) >= 11 is 0. The van der Waals surface area contributed by atoms with E-state index in [2.05, 4.69) is 15.3 Å². The number of aromatic nitrogens is 2. The molecule has 1 aliphatic carbocycles. The predicted octanol–water partition coefficient (Wildman–Crippen LogP) is 0.943. The zero-order valence-electron chi connectivity index (χ0n) is 9.73. The van der Waals surface area contributed by atoms with Gasteiger partial charge in [-0.3, -0.25) is 0 Å². The van der Waals surface area contributed by atoms with Gasteiger partial charge in [0, 0.05) is 18.7 Å². The molecule has 2 rings (SSSR count). The van der Waals surface area contributed by atoms with Crippen LogP contribution in [0, 0.1) is 12.8 Å². The van der Waals surface area contributed by atoms with Crippen molar-refractivity contribution in [1.82, 2.24) is 9.97 Å². The van der Waals surface area contributed by atoms with Crippen molar-refractivity contribution < 1.29 is 4.74 Å². The predicted molar refractivity (Wildman–Crippen MR) is 62.5 cm³/mol. The van der Waals surface area contributed by atoms with E-state index in [1.165, 1.54) is 0 Å². The molecule has 5 heteroatoms. The fraction of sp³-hybridized carbons (Fsp3) is 0.636. The first-order chi connectivity index (χ1) is 7.67. The minimum atomic E-state index is 0.397. The molecule has 0 unspecified atom stereocenters. The third-order valence-electron chi connectivity index (χ3n) is 2.87. The standard InChI is InChI=1S/C11H18N4O/c1-7-14-10(5-11(15-7)16-2)13-6-8-3-9(12)4-8/h5,8-9H,3-4,6,12H2,1-2H3,(H,13,14,15). The van der Waals surface area contributed by atoms with E-state index in [4.69, 9.17) is 10.5 Å². The van der Waals surface area contributed by atoms with Gasteiger partial charge in [-0.15, -0.1) is 0 Å². The Morgan fingerprint density at radius 1 is 1.50 bits per heavy atom. The number of nitrogens with zero attached hydrogens (tertiary/aromatic N) is 2. The second kappa shape index (κ2) is 4.65. The summed E-state index contributed by atoms with van der Waals surface area (Å²) in [4.78, 5) is 8.43. The molecule has 3 N–H and O–H groups in total. The lowest BCUT2D eigenvalue weighted by molar-refractivity contribution is 0.280. The summed E-state index contributed by atoms with van der Waals surface area (Å²) in [7, 11) is 1.61. The van der Waals surface area contributed by atoms with Crippen molar-refractivity contribution in [3.8, 4) is 5.88 Å². The highest BCUT2D eigenvalue weighted by Gasteiger charge is 2.25. The lowest BCUT2D eigenvalue weighted by Crippen LogP contribution is -2.39. The largest absolute Gasteiger partial charge is 0.481 e. The van der Waals surface area contributed by atoms with Crippen LogP contribution in [0.25, 0.3) is 0 Å². The Hall–Kier alpha value is -1.36. The first-order valence-corrected chi connectivity index (χ1v) is 5.56. The van der Waals surface area contributed by atoms with Gasteiger partial charge >= 0.3 is 0 Å². The lowest BCUT2D eigenvalue weighted by atomic mass is 9.81. The van der Waals surface area contributed by atoms with Gasteiger partial charge in [-0.2, -0.15) is 4.98 Å². The number of ether oxygens (including phenoxy) is 1. The number of nitrogens with one attached hydrogen (secondary N) is 1. The van der Waals surface area contributed by atoms with Crippen molar-refractivity contribution in [3.63, 3.8) is 0 Å². The summed E-state index contributed by atoms with van der Waals surface area (Å²) in [6.45, 7) is 2.78. The number of methoxy groups -OCH3 is 1. The zero-order valence-corrected chi connectivity index (χ0v) is 9.73. The normalized spacial score (nSPS) is 23.7. The van der Waals surface area contributed by atoms with Crippen LogP contribution in [-0.4, -0.2) is 29.7 Å². The van der Waals surface area contributed by atoms with Crippen LogP contribution in [-0.2, 0) is 0 Å². The van der Waals surface area contributed by atoms with Gasteiger partial charge in [0.1, 0.15) is 11.6 Å². The van der Waals surface area contributed by atoms with Crippen molar-refractivity contribution in [1.29, 1.82) is 0 Å². The Bertz CT molecular complexity index is 363. The maximum atomic E-state index is 5.73. The van der Waals surface area contributed by atoms with Gasteiger partial charge in [0.2, 0.25) is 5.88 Å². The molecule has 1 aliphatic rings. The Labute approximate surface area is 95.4 Å². The van der Waals surface area contributed by atoms with E-state index >= 15 is 0 Å². The molecule has 1 fully saturated rings. The van der Waals surface area contributed by atoms with Crippen molar-refractivity contribution >= 4 is 5.82 Å². The van der Waals surface area contributed by atoms with E-state index in [9.17, 15) is 0 Å². The molecule has 0 aliphatic heterocycles. The molecular formula is C11H18N4O. The van der Waals surface area contributed by atoms with Gasteiger partial charge < -0.3 is 15.8 Å². The second-order valence-electron chi connectivity index (χ2n) is 4.32. The monoisotopic (exact) mass is 222 g/mol. The van der Waals surface area contributed by atoms with E-state index in [1.54, 1.807) is 7.11 Å². The van der Waals surface area contributed by atoms with Gasteiger partial charge in [-0.25, -0.2) is 4.98 Å². The quantitative estimate of drug-likeness (QED) is 0.793. The lowest BCUT2D eigenvalue weighted by Gasteiger charge is -2.32. The summed E-state index contributed by atoms with van der Waals surface area (Å²) in [6.07, 6.45) is 2.21. The third-order valence-corrected chi connectivity index (χ3v) is 2.87. The van der Waals surface area contributed by atoms with Crippen molar-refractivity contribution in [2.24, 2.45) is 11.7 Å². The number of anilines is 1. The number of aryl methyl sites for hydroxylation is 1. The Kier molecular flexibility index (Phi) is 3.24. The van der Waals surface area contributed by atoms with Crippen molar-refractivity contribution in [2.75, 3.05) is 19.0 Å². The summed E-state index contributed by atoms with van der Waals surface area (Å²) in [5, 5.41) is 3.30. The third kappa shape index (κ3) is 2.61. The Morgan fingerprint density at radius 2 is 2.25 bits per heavy atom. The summed E-state index contributed by atoms with van der Waals surface area (Å²) in [5.41, 5.74) is 5.73. The summed E-state index contributed by atoms with van der Waals surface area (Å²) in [6, 6.07) is 2.21. The molecule has 1 aromatic heterocycles. The van der Waals surface area contributed by atoms with E-state index < -0.39 is 0 Å². The molecule has 0 atom stereocenters. The molecule has 0 aromatic carbocycles. The second-order valence-corrected chi connectivity index (χ2v) is 4.32. The topological polar surface area (TPSA) is 73.1 Å². The van der Waals surface area contributed by atoms with Gasteiger partial charge in [0.15, 0.2) is 0 Å². The van der Waals surface area contributed by atoms with Gasteiger partial charge in [0.25, 0.3) is 0 Å². The van der Waals surface area contributed by atoms with Gasteiger partial charge in [-0.05, 0) is 25.7 Å². The van der Waals surface area contributed by atoms with Crippen LogP contribution in [0.4, 0.5) is 5.82 Å². The molecule has 0 radical (unpaired) electrons. The van der Waals surface area contributed by atoms with Crippen LogP contribution in [0.3, 0.4) is 0 Å². The molecule has 0 amide bonds. The molecular weight excluding hydrogens is 204 g/mol. The molecule has 5 nitrogen and oxygen atoms in total. The fourth-order valence-electron chi connectivity index (χ4n) is 1.94. The number of nitrogens with two attached hydrogens (primary N) is 1. The van der Waals surface area contributed by atoms with E-state index in [-0.39, 0.29) is 0 Å². The fourth-order valence-corrected chi connectivity index (χ4v) is 1.94. The van der Waals surface area contributed by atoms with Crippen molar-refractivity contribution in [3.05, 3.63) is 11.9 Å². The van der Waals surface area contributed by atoms with Crippen LogP contribution in [0.5, 0.6) is 5.88 Å². The molecule has 16 heavy (non-hydrogen) atoms. The SMILES string of the molecule is COc1cc(NCC2CC(N)C2)nc(C)n1. The van der Waals surface area contributed by atoms with E-state index in [0.29, 0.717) is 23.7 Å². The van der Waals surface area contributed by atoms with Crippen LogP contribution < -0.4 is 15.8 Å². The highest BCUT2D eigenvalue weighted by Crippen LogP contribution is 2.25. The molecule has 1 aromatic rings. The van der Waals surface area contributed by atoms with Crippen LogP contribution in [0.15, 0.2) is 6.07 Å². The highest BCUT2D eigenvalue weighted by molar-refractivity contribution is 5.38. The Morgan fingerprint density at radius 3 is 2.88 bits per heavy atom. The van der Waals surface area contributed by atoms with E-state index in [0.717, 1.165) is 25.2 Å². The van der Waals surface area contributed by atoms with Crippen LogP contribution in [0.2, 0.25) is 0 Å². The number of hydrogen-bond donors (Lipinski definition) is 2. The number of rotatable bonds is 4. The summed E-state index contributed by atoms with van der Waals surface area (Å²) in [5.74, 6) is 2.81. The Balaban J connectivity index is 1.90. The average molecular weight is 222 g/mol. The number of hydrogen-bond acceptors (Lipinski definition) is 5. The van der Waals surface area contributed by atoms with Crippen molar-refractivity contribution in [2.45, 2.75) is 25.8 Å².